The minimum Gasteiger partial charge on any atom is -0.481 e. The number of amides is 2. The van der Waals surface area contributed by atoms with Crippen LogP contribution in [0.1, 0.15) is 38.9 Å². The van der Waals surface area contributed by atoms with Gasteiger partial charge in [0.2, 0.25) is 0 Å². The second-order valence-electron chi connectivity index (χ2n) is 5.30. The summed E-state index contributed by atoms with van der Waals surface area (Å²) in [6.07, 6.45) is 5.45. The molecule has 112 valence electrons. The van der Waals surface area contributed by atoms with E-state index in [4.69, 9.17) is 5.11 Å². The molecule has 0 fully saturated rings. The molecule has 1 aromatic heterocycles. The number of carbonyl (C=O) groups is 2. The highest BCUT2D eigenvalue weighted by Crippen LogP contribution is 2.10. The minimum atomic E-state index is -0.862. The Labute approximate surface area is 118 Å². The van der Waals surface area contributed by atoms with Gasteiger partial charge in [-0.25, -0.2) is 9.78 Å². The quantitative estimate of drug-likeness (QED) is 0.539. The first-order valence-corrected chi connectivity index (χ1v) is 6.65. The summed E-state index contributed by atoms with van der Waals surface area (Å²) in [6.45, 7) is 4.15. The normalized spacial score (nSPS) is 11.1. The van der Waals surface area contributed by atoms with E-state index >= 15 is 0 Å². The maximum atomic E-state index is 11.7. The van der Waals surface area contributed by atoms with Crippen LogP contribution in [-0.2, 0) is 11.2 Å². The van der Waals surface area contributed by atoms with Gasteiger partial charge in [0, 0.05) is 37.3 Å². The number of carboxylic acids is 1. The number of nitrogens with zero attached hydrogens (tertiary/aromatic N) is 1. The van der Waals surface area contributed by atoms with Crippen molar-refractivity contribution in [3.63, 3.8) is 0 Å². The second-order valence-corrected chi connectivity index (χ2v) is 5.30. The molecule has 2 amide bonds. The molecule has 7 nitrogen and oxygen atoms in total. The van der Waals surface area contributed by atoms with Crippen molar-refractivity contribution in [2.45, 2.75) is 45.1 Å². The molecule has 0 spiro atoms. The molecule has 0 aromatic carbocycles. The number of aromatic nitrogens is 2. The number of aryl methyl sites for hydroxylation is 1. The second kappa shape index (κ2) is 7.52. The van der Waals surface area contributed by atoms with Gasteiger partial charge in [0.15, 0.2) is 0 Å². The van der Waals surface area contributed by atoms with Crippen molar-refractivity contribution in [3.8, 4) is 0 Å². The summed E-state index contributed by atoms with van der Waals surface area (Å²) < 4.78 is 0. The molecule has 0 aliphatic heterocycles. The lowest BCUT2D eigenvalue weighted by Crippen LogP contribution is -2.48. The molecule has 7 heteroatoms. The standard InChI is InChI=1S/C13H22N4O3/c1-13(2,6-5-11(18)19)17-12(20)16-7-3-4-10-14-8-9-15-10/h8-9H,3-7H2,1-2H3,(H,14,15)(H,18,19)(H2,16,17,20). The summed E-state index contributed by atoms with van der Waals surface area (Å²) >= 11 is 0. The molecule has 0 atom stereocenters. The van der Waals surface area contributed by atoms with Crippen LogP contribution in [0.2, 0.25) is 0 Å². The molecule has 1 aromatic rings. The van der Waals surface area contributed by atoms with E-state index in [2.05, 4.69) is 20.6 Å². The molecule has 20 heavy (non-hydrogen) atoms. The molecule has 1 heterocycles. The highest BCUT2D eigenvalue weighted by molar-refractivity contribution is 5.74. The molecule has 0 radical (unpaired) electrons. The number of H-pyrrole nitrogens is 1. The van der Waals surface area contributed by atoms with Crippen LogP contribution in [0.4, 0.5) is 4.79 Å². The van der Waals surface area contributed by atoms with Crippen LogP contribution in [0.3, 0.4) is 0 Å². The van der Waals surface area contributed by atoms with E-state index in [0.29, 0.717) is 13.0 Å². The third kappa shape index (κ3) is 6.77. The summed E-state index contributed by atoms with van der Waals surface area (Å²) in [5.74, 6) is 0.0349. The van der Waals surface area contributed by atoms with Gasteiger partial charge in [-0.05, 0) is 26.7 Å². The van der Waals surface area contributed by atoms with E-state index in [-0.39, 0.29) is 12.5 Å². The van der Waals surface area contributed by atoms with Gasteiger partial charge in [-0.2, -0.15) is 0 Å². The lowest BCUT2D eigenvalue weighted by molar-refractivity contribution is -0.137. The zero-order chi connectivity index (χ0) is 15.0. The number of aliphatic carboxylic acids is 1. The van der Waals surface area contributed by atoms with Crippen LogP contribution in [0.15, 0.2) is 12.4 Å². The minimum absolute atomic E-state index is 0.0335. The predicted octanol–water partition coefficient (Wildman–Crippen LogP) is 1.28. The van der Waals surface area contributed by atoms with Gasteiger partial charge >= 0.3 is 12.0 Å². The number of imidazole rings is 1. The van der Waals surface area contributed by atoms with Gasteiger partial charge in [-0.1, -0.05) is 0 Å². The van der Waals surface area contributed by atoms with Gasteiger partial charge in [-0.15, -0.1) is 0 Å². The van der Waals surface area contributed by atoms with Crippen LogP contribution < -0.4 is 10.6 Å². The topological polar surface area (TPSA) is 107 Å². The summed E-state index contributed by atoms with van der Waals surface area (Å²) in [4.78, 5) is 29.3. The van der Waals surface area contributed by atoms with Crippen LogP contribution in [0.25, 0.3) is 0 Å². The van der Waals surface area contributed by atoms with Crippen LogP contribution in [-0.4, -0.2) is 39.2 Å². The zero-order valence-electron chi connectivity index (χ0n) is 11.9. The summed E-state index contributed by atoms with van der Waals surface area (Å²) in [6, 6.07) is -0.278. The van der Waals surface area contributed by atoms with Gasteiger partial charge in [-0.3, -0.25) is 4.79 Å². The van der Waals surface area contributed by atoms with Gasteiger partial charge in [0.25, 0.3) is 0 Å². The van der Waals surface area contributed by atoms with E-state index in [1.165, 1.54) is 0 Å². The predicted molar refractivity (Wildman–Crippen MR) is 74.4 cm³/mol. The first-order chi connectivity index (χ1) is 9.39. The van der Waals surface area contributed by atoms with Crippen LogP contribution in [0, 0.1) is 0 Å². The van der Waals surface area contributed by atoms with Gasteiger partial charge < -0.3 is 20.7 Å². The molecular weight excluding hydrogens is 260 g/mol. The number of rotatable bonds is 8. The Balaban J connectivity index is 2.17. The molecule has 0 aliphatic rings. The Hall–Kier alpha value is -2.05. The summed E-state index contributed by atoms with van der Waals surface area (Å²) in [5, 5.41) is 14.2. The Morgan fingerprint density at radius 2 is 2.20 bits per heavy atom. The van der Waals surface area contributed by atoms with Gasteiger partial charge in [0.05, 0.1) is 0 Å². The van der Waals surface area contributed by atoms with Crippen molar-refractivity contribution >= 4 is 12.0 Å². The zero-order valence-corrected chi connectivity index (χ0v) is 11.9. The van der Waals surface area contributed by atoms with Crippen molar-refractivity contribution in [1.29, 1.82) is 0 Å². The molecule has 0 unspecified atom stereocenters. The maximum absolute atomic E-state index is 11.7. The number of nitrogens with one attached hydrogen (secondary N) is 3. The Kier molecular flexibility index (Phi) is 6.02. The third-order valence-electron chi connectivity index (χ3n) is 2.85. The van der Waals surface area contributed by atoms with E-state index in [0.717, 1.165) is 18.7 Å². The van der Waals surface area contributed by atoms with Crippen molar-refractivity contribution in [3.05, 3.63) is 18.2 Å². The SMILES string of the molecule is CC(C)(CCC(=O)O)NC(=O)NCCCc1ncc[nH]1. The van der Waals surface area contributed by atoms with Crippen LogP contribution in [0.5, 0.6) is 0 Å². The van der Waals surface area contributed by atoms with E-state index < -0.39 is 11.5 Å². The number of aromatic amines is 1. The van der Waals surface area contributed by atoms with E-state index in [9.17, 15) is 9.59 Å². The Morgan fingerprint density at radius 1 is 1.45 bits per heavy atom. The van der Waals surface area contributed by atoms with Gasteiger partial charge in [0.1, 0.15) is 5.82 Å². The Morgan fingerprint density at radius 3 is 2.80 bits per heavy atom. The largest absolute Gasteiger partial charge is 0.481 e. The highest BCUT2D eigenvalue weighted by atomic mass is 16.4. The first-order valence-electron chi connectivity index (χ1n) is 6.65. The van der Waals surface area contributed by atoms with Crippen LogP contribution >= 0.6 is 0 Å². The monoisotopic (exact) mass is 282 g/mol. The Bertz CT molecular complexity index is 429. The lowest BCUT2D eigenvalue weighted by Gasteiger charge is -2.25. The molecule has 4 N–H and O–H groups in total. The van der Waals surface area contributed by atoms with Crippen molar-refractivity contribution in [1.82, 2.24) is 20.6 Å². The molecule has 1 rings (SSSR count). The molecular formula is C13H22N4O3. The fourth-order valence-corrected chi connectivity index (χ4v) is 1.73. The maximum Gasteiger partial charge on any atom is 0.315 e. The number of hydrogen-bond donors (Lipinski definition) is 4. The number of urea groups is 1. The van der Waals surface area contributed by atoms with E-state index in [1.807, 2.05) is 0 Å². The lowest BCUT2D eigenvalue weighted by atomic mass is 9.99. The number of carbonyl (C=O) groups excluding carboxylic acids is 1. The molecule has 0 bridgehead atoms. The number of carboxylic acid groups (broad SMARTS) is 1. The fourth-order valence-electron chi connectivity index (χ4n) is 1.73. The molecule has 0 aliphatic carbocycles. The number of hydrogen-bond acceptors (Lipinski definition) is 3. The molecule has 0 saturated heterocycles. The van der Waals surface area contributed by atoms with E-state index in [1.54, 1.807) is 26.2 Å². The molecule has 0 saturated carbocycles. The van der Waals surface area contributed by atoms with Crippen molar-refractivity contribution in [2.24, 2.45) is 0 Å². The fraction of sp³-hybridized carbons (Fsp3) is 0.615. The first kappa shape index (κ1) is 16.0. The van der Waals surface area contributed by atoms with Crippen molar-refractivity contribution in [2.75, 3.05) is 6.54 Å². The van der Waals surface area contributed by atoms with Crippen molar-refractivity contribution < 1.29 is 14.7 Å². The highest BCUT2D eigenvalue weighted by Gasteiger charge is 2.21. The third-order valence-corrected chi connectivity index (χ3v) is 2.85. The average Bonchev–Trinajstić information content (AvgIpc) is 2.85. The smallest absolute Gasteiger partial charge is 0.315 e. The average molecular weight is 282 g/mol. The summed E-state index contributed by atoms with van der Waals surface area (Å²) in [5.41, 5.74) is -0.538. The summed E-state index contributed by atoms with van der Waals surface area (Å²) in [7, 11) is 0.